The van der Waals surface area contributed by atoms with E-state index in [1.54, 1.807) is 0 Å². The molecule has 1 saturated carbocycles. The predicted molar refractivity (Wildman–Crippen MR) is 63.0 cm³/mol. The highest BCUT2D eigenvalue weighted by Crippen LogP contribution is 2.78. The third-order valence-corrected chi connectivity index (χ3v) is 5.71. The summed E-state index contributed by atoms with van der Waals surface area (Å²) in [4.78, 5) is 46.1. The fraction of sp³-hybridized carbons (Fsp3) is 0.667. The first-order chi connectivity index (χ1) is 8.77. The molecule has 0 spiro atoms. The van der Waals surface area contributed by atoms with Crippen LogP contribution in [0.15, 0.2) is 0 Å². The van der Waals surface area contributed by atoms with Crippen LogP contribution in [-0.4, -0.2) is 44.3 Å². The SMILES string of the molecule is CC1(C(=O)O)C(C)(C(=O)O)C(C)(C(=O)O)C1(C)C(=O)O. The van der Waals surface area contributed by atoms with E-state index in [4.69, 9.17) is 0 Å². The Morgan fingerprint density at radius 2 is 0.600 bits per heavy atom. The van der Waals surface area contributed by atoms with Crippen LogP contribution in [0.5, 0.6) is 0 Å². The molecular formula is C12H16O8. The third-order valence-electron chi connectivity index (χ3n) is 5.71. The Labute approximate surface area is 114 Å². The molecule has 0 saturated heterocycles. The number of rotatable bonds is 4. The Bertz CT molecular complexity index is 428. The zero-order chi connectivity index (χ0) is 16.3. The fourth-order valence-electron chi connectivity index (χ4n) is 3.65. The number of hydrogen-bond donors (Lipinski definition) is 4. The van der Waals surface area contributed by atoms with Crippen molar-refractivity contribution in [3.63, 3.8) is 0 Å². The number of aliphatic carboxylic acids is 4. The fourth-order valence-corrected chi connectivity index (χ4v) is 3.65. The highest BCUT2D eigenvalue weighted by molar-refractivity contribution is 6.05. The van der Waals surface area contributed by atoms with E-state index in [0.29, 0.717) is 0 Å². The molecule has 4 N–H and O–H groups in total. The van der Waals surface area contributed by atoms with Crippen molar-refractivity contribution in [2.45, 2.75) is 27.7 Å². The molecule has 0 amide bonds. The van der Waals surface area contributed by atoms with E-state index < -0.39 is 45.5 Å². The van der Waals surface area contributed by atoms with Gasteiger partial charge in [-0.2, -0.15) is 0 Å². The molecule has 1 rings (SSSR count). The average Bonchev–Trinajstić information content (AvgIpc) is 2.33. The summed E-state index contributed by atoms with van der Waals surface area (Å²) in [7, 11) is 0. The molecule has 0 radical (unpaired) electrons. The first-order valence-electron chi connectivity index (χ1n) is 5.71. The Kier molecular flexibility index (Phi) is 2.95. The van der Waals surface area contributed by atoms with Crippen molar-refractivity contribution in [2.24, 2.45) is 21.7 Å². The lowest BCUT2D eigenvalue weighted by Crippen LogP contribution is -2.84. The molecule has 0 heterocycles. The maximum atomic E-state index is 11.5. The first kappa shape index (κ1) is 15.9. The van der Waals surface area contributed by atoms with Gasteiger partial charge in [-0.05, 0) is 27.7 Å². The lowest BCUT2D eigenvalue weighted by Gasteiger charge is -2.70. The topological polar surface area (TPSA) is 149 Å². The zero-order valence-corrected chi connectivity index (χ0v) is 11.4. The van der Waals surface area contributed by atoms with Crippen molar-refractivity contribution < 1.29 is 39.6 Å². The molecule has 8 heteroatoms. The van der Waals surface area contributed by atoms with Crippen LogP contribution in [0.2, 0.25) is 0 Å². The van der Waals surface area contributed by atoms with Crippen LogP contribution >= 0.6 is 0 Å². The normalized spacial score (nSPS) is 43.4. The summed E-state index contributed by atoms with van der Waals surface area (Å²) < 4.78 is 0. The second-order valence-corrected chi connectivity index (χ2v) is 5.72. The van der Waals surface area contributed by atoms with Gasteiger partial charge in [0.2, 0.25) is 0 Å². The molecule has 8 nitrogen and oxygen atoms in total. The smallest absolute Gasteiger partial charge is 0.311 e. The second-order valence-electron chi connectivity index (χ2n) is 5.72. The summed E-state index contributed by atoms with van der Waals surface area (Å²) in [5.41, 5.74) is -9.09. The van der Waals surface area contributed by atoms with Crippen molar-refractivity contribution >= 4 is 23.9 Å². The maximum absolute atomic E-state index is 11.5. The van der Waals surface area contributed by atoms with Gasteiger partial charge in [0.25, 0.3) is 0 Å². The van der Waals surface area contributed by atoms with Crippen LogP contribution in [0.25, 0.3) is 0 Å². The van der Waals surface area contributed by atoms with Gasteiger partial charge in [0.1, 0.15) is 0 Å². The van der Waals surface area contributed by atoms with Gasteiger partial charge in [0, 0.05) is 0 Å². The van der Waals surface area contributed by atoms with Crippen LogP contribution in [0.4, 0.5) is 0 Å². The van der Waals surface area contributed by atoms with Crippen LogP contribution in [-0.2, 0) is 19.2 Å². The Hall–Kier alpha value is -2.12. The summed E-state index contributed by atoms with van der Waals surface area (Å²) in [6.07, 6.45) is 0. The molecule has 1 aliphatic rings. The zero-order valence-electron chi connectivity index (χ0n) is 11.4. The summed E-state index contributed by atoms with van der Waals surface area (Å²) in [5, 5.41) is 37.4. The molecule has 1 fully saturated rings. The van der Waals surface area contributed by atoms with Crippen molar-refractivity contribution in [3.05, 3.63) is 0 Å². The third kappa shape index (κ3) is 1.05. The molecule has 112 valence electrons. The van der Waals surface area contributed by atoms with E-state index in [2.05, 4.69) is 0 Å². The van der Waals surface area contributed by atoms with Crippen LogP contribution in [0.3, 0.4) is 0 Å². The summed E-state index contributed by atoms with van der Waals surface area (Å²) in [5.74, 6) is -6.64. The van der Waals surface area contributed by atoms with Crippen LogP contribution in [0, 0.1) is 21.7 Å². The maximum Gasteiger partial charge on any atom is 0.311 e. The minimum atomic E-state index is -2.27. The molecule has 0 atom stereocenters. The van der Waals surface area contributed by atoms with E-state index in [-0.39, 0.29) is 0 Å². The van der Waals surface area contributed by atoms with Gasteiger partial charge >= 0.3 is 23.9 Å². The highest BCUT2D eigenvalue weighted by Gasteiger charge is 2.91. The minimum Gasteiger partial charge on any atom is -0.481 e. The lowest BCUT2D eigenvalue weighted by atomic mass is 9.26. The standard InChI is InChI=1S/C12H16O8/c1-9(5(13)14)10(2,6(15)16)12(4,8(19)20)11(9,3)7(17)18/h1-4H3,(H,13,14)(H,15,16)(H,17,18)(H,19,20). The minimum absolute atomic E-state index is 0.961. The Morgan fingerprint density at radius 3 is 0.650 bits per heavy atom. The van der Waals surface area contributed by atoms with Crippen molar-refractivity contribution in [1.29, 1.82) is 0 Å². The van der Waals surface area contributed by atoms with E-state index in [0.717, 1.165) is 27.7 Å². The van der Waals surface area contributed by atoms with Gasteiger partial charge in [-0.15, -0.1) is 0 Å². The lowest BCUT2D eigenvalue weighted by molar-refractivity contribution is -0.293. The van der Waals surface area contributed by atoms with E-state index >= 15 is 0 Å². The molecule has 0 aromatic rings. The molecule has 0 unspecified atom stereocenters. The number of hydrogen-bond acceptors (Lipinski definition) is 4. The van der Waals surface area contributed by atoms with E-state index in [1.165, 1.54) is 0 Å². The van der Waals surface area contributed by atoms with Crippen molar-refractivity contribution in [2.75, 3.05) is 0 Å². The average molecular weight is 288 g/mol. The first-order valence-corrected chi connectivity index (χ1v) is 5.71. The summed E-state index contributed by atoms with van der Waals surface area (Å²) in [6.45, 7) is 3.84. The molecule has 0 aliphatic heterocycles. The van der Waals surface area contributed by atoms with Gasteiger partial charge in [0.15, 0.2) is 0 Å². The molecule has 0 aromatic carbocycles. The predicted octanol–water partition coefficient (Wildman–Crippen LogP) is 0.364. The summed E-state index contributed by atoms with van der Waals surface area (Å²) >= 11 is 0. The summed E-state index contributed by atoms with van der Waals surface area (Å²) in [6, 6.07) is 0. The van der Waals surface area contributed by atoms with Gasteiger partial charge < -0.3 is 20.4 Å². The molecular weight excluding hydrogens is 272 g/mol. The van der Waals surface area contributed by atoms with Crippen molar-refractivity contribution in [3.8, 4) is 0 Å². The quantitative estimate of drug-likeness (QED) is 0.579. The Balaban J connectivity index is 3.86. The van der Waals surface area contributed by atoms with Crippen molar-refractivity contribution in [1.82, 2.24) is 0 Å². The van der Waals surface area contributed by atoms with Gasteiger partial charge in [-0.1, -0.05) is 0 Å². The Morgan fingerprint density at radius 1 is 0.500 bits per heavy atom. The van der Waals surface area contributed by atoms with Gasteiger partial charge in [-0.3, -0.25) is 19.2 Å². The molecule has 0 bridgehead atoms. The van der Waals surface area contributed by atoms with Gasteiger partial charge in [-0.25, -0.2) is 0 Å². The monoisotopic (exact) mass is 288 g/mol. The van der Waals surface area contributed by atoms with Crippen LogP contribution in [0.1, 0.15) is 27.7 Å². The van der Waals surface area contributed by atoms with Gasteiger partial charge in [0.05, 0.1) is 21.7 Å². The van der Waals surface area contributed by atoms with E-state index in [9.17, 15) is 39.6 Å². The highest BCUT2D eigenvalue weighted by atomic mass is 16.4. The molecule has 20 heavy (non-hydrogen) atoms. The molecule has 0 aromatic heterocycles. The van der Waals surface area contributed by atoms with E-state index in [1.807, 2.05) is 0 Å². The van der Waals surface area contributed by atoms with Crippen LogP contribution < -0.4 is 0 Å². The largest absolute Gasteiger partial charge is 0.481 e. The number of carbonyl (C=O) groups is 4. The number of carboxylic acids is 4. The second kappa shape index (κ2) is 3.71. The molecule has 1 aliphatic carbocycles. The number of carboxylic acid groups (broad SMARTS) is 4.